The number of ketones is 1. The van der Waals surface area contributed by atoms with E-state index >= 15 is 0 Å². The van der Waals surface area contributed by atoms with Gasteiger partial charge in [0.15, 0.2) is 5.78 Å². The van der Waals surface area contributed by atoms with Crippen LogP contribution in [-0.2, 0) is 11.3 Å². The monoisotopic (exact) mass is 270 g/mol. The fraction of sp³-hybridized carbons (Fsp3) is 0.312. The normalized spacial score (nSPS) is 11.3. The number of Topliss-reactive ketones (excluding diaryl/α,β-unsaturated/α-hetero) is 1. The van der Waals surface area contributed by atoms with Crippen molar-refractivity contribution in [3.05, 3.63) is 52.8 Å². The van der Waals surface area contributed by atoms with Crippen molar-refractivity contribution in [2.45, 2.75) is 27.3 Å². The Morgan fingerprint density at radius 2 is 1.75 bits per heavy atom. The zero-order valence-corrected chi connectivity index (χ0v) is 12.0. The van der Waals surface area contributed by atoms with Crippen molar-refractivity contribution in [1.82, 2.24) is 9.78 Å². The molecule has 1 aromatic carbocycles. The number of benzene rings is 1. The van der Waals surface area contributed by atoms with Gasteiger partial charge in [0.05, 0.1) is 5.69 Å². The van der Waals surface area contributed by atoms with Crippen LogP contribution in [0.1, 0.15) is 20.8 Å². The Bertz CT molecular complexity index is 667. The first-order valence-electron chi connectivity index (χ1n) is 6.55. The Balaban J connectivity index is 2.36. The lowest BCUT2D eigenvalue weighted by molar-refractivity contribution is -0.127. The van der Waals surface area contributed by atoms with Crippen LogP contribution in [0.25, 0.3) is 11.3 Å². The van der Waals surface area contributed by atoms with E-state index < -0.39 is 5.41 Å². The molecule has 0 amide bonds. The quantitative estimate of drug-likeness (QED) is 0.861. The minimum Gasteiger partial charge on any atom is -0.297 e. The molecule has 20 heavy (non-hydrogen) atoms. The first-order chi connectivity index (χ1) is 9.38. The molecule has 0 spiro atoms. The van der Waals surface area contributed by atoms with Crippen LogP contribution in [0, 0.1) is 5.41 Å². The van der Waals surface area contributed by atoms with E-state index in [1.54, 1.807) is 6.07 Å². The molecule has 1 heterocycles. The summed E-state index contributed by atoms with van der Waals surface area (Å²) in [7, 11) is 0. The van der Waals surface area contributed by atoms with E-state index in [-0.39, 0.29) is 17.9 Å². The number of rotatable bonds is 3. The highest BCUT2D eigenvalue weighted by Gasteiger charge is 2.22. The number of hydrogen-bond donors (Lipinski definition) is 0. The summed E-state index contributed by atoms with van der Waals surface area (Å²) < 4.78 is 1.23. The molecule has 0 saturated carbocycles. The Morgan fingerprint density at radius 1 is 1.10 bits per heavy atom. The van der Waals surface area contributed by atoms with Gasteiger partial charge in [-0.05, 0) is 6.07 Å². The van der Waals surface area contributed by atoms with Gasteiger partial charge < -0.3 is 0 Å². The summed E-state index contributed by atoms with van der Waals surface area (Å²) in [4.78, 5) is 23.8. The van der Waals surface area contributed by atoms with E-state index in [0.717, 1.165) is 5.56 Å². The summed E-state index contributed by atoms with van der Waals surface area (Å²) in [5.41, 5.74) is 0.864. The summed E-state index contributed by atoms with van der Waals surface area (Å²) in [6.07, 6.45) is 0. The highest BCUT2D eigenvalue weighted by atomic mass is 16.1. The highest BCUT2D eigenvalue weighted by Crippen LogP contribution is 2.16. The summed E-state index contributed by atoms with van der Waals surface area (Å²) >= 11 is 0. The van der Waals surface area contributed by atoms with Crippen LogP contribution in [0.4, 0.5) is 0 Å². The van der Waals surface area contributed by atoms with Crippen LogP contribution in [0.2, 0.25) is 0 Å². The molecule has 0 radical (unpaired) electrons. The molecule has 2 aromatic rings. The van der Waals surface area contributed by atoms with E-state index in [0.29, 0.717) is 5.69 Å². The van der Waals surface area contributed by atoms with E-state index in [1.807, 2.05) is 51.1 Å². The van der Waals surface area contributed by atoms with Gasteiger partial charge in [-0.3, -0.25) is 9.59 Å². The van der Waals surface area contributed by atoms with Crippen molar-refractivity contribution in [1.29, 1.82) is 0 Å². The zero-order valence-electron chi connectivity index (χ0n) is 12.0. The number of carbonyl (C=O) groups excluding carboxylic acids is 1. The third-order valence-electron chi connectivity index (χ3n) is 3.07. The molecule has 0 unspecified atom stereocenters. The van der Waals surface area contributed by atoms with Gasteiger partial charge in [-0.15, -0.1) is 0 Å². The molecule has 1 aromatic heterocycles. The number of aromatic nitrogens is 2. The number of hydrogen-bond acceptors (Lipinski definition) is 3. The molecule has 0 fully saturated rings. The molecule has 0 atom stereocenters. The highest BCUT2D eigenvalue weighted by molar-refractivity contribution is 5.83. The van der Waals surface area contributed by atoms with Gasteiger partial charge in [0.1, 0.15) is 6.54 Å². The van der Waals surface area contributed by atoms with Gasteiger partial charge in [-0.25, -0.2) is 4.68 Å². The van der Waals surface area contributed by atoms with Crippen molar-refractivity contribution in [3.8, 4) is 11.3 Å². The van der Waals surface area contributed by atoms with Crippen LogP contribution in [-0.4, -0.2) is 15.6 Å². The summed E-state index contributed by atoms with van der Waals surface area (Å²) in [6.45, 7) is 5.51. The van der Waals surface area contributed by atoms with Crippen LogP contribution in [0.15, 0.2) is 47.3 Å². The second-order valence-corrected chi connectivity index (χ2v) is 5.75. The molecule has 0 aliphatic rings. The third-order valence-corrected chi connectivity index (χ3v) is 3.07. The largest absolute Gasteiger partial charge is 0.297 e. The van der Waals surface area contributed by atoms with Crippen molar-refractivity contribution in [3.63, 3.8) is 0 Å². The maximum atomic E-state index is 12.0. The first-order valence-corrected chi connectivity index (χ1v) is 6.55. The third kappa shape index (κ3) is 3.20. The lowest BCUT2D eigenvalue weighted by Crippen LogP contribution is -2.32. The van der Waals surface area contributed by atoms with Gasteiger partial charge in [0.2, 0.25) is 0 Å². The average Bonchev–Trinajstić information content (AvgIpc) is 2.41. The minimum atomic E-state index is -0.482. The second kappa shape index (κ2) is 5.41. The first kappa shape index (κ1) is 14.2. The van der Waals surface area contributed by atoms with Gasteiger partial charge >= 0.3 is 0 Å². The molecular weight excluding hydrogens is 252 g/mol. The predicted octanol–water partition coefficient (Wildman–Crippen LogP) is 2.53. The molecule has 2 rings (SSSR count). The predicted molar refractivity (Wildman–Crippen MR) is 78.4 cm³/mol. The van der Waals surface area contributed by atoms with Crippen LogP contribution >= 0.6 is 0 Å². The van der Waals surface area contributed by atoms with Gasteiger partial charge in [0.25, 0.3) is 5.56 Å². The topological polar surface area (TPSA) is 52.0 Å². The van der Waals surface area contributed by atoms with E-state index in [4.69, 9.17) is 0 Å². The molecular formula is C16H18N2O2. The summed E-state index contributed by atoms with van der Waals surface area (Å²) in [5.74, 6) is -0.0164. The summed E-state index contributed by atoms with van der Waals surface area (Å²) in [5, 5.41) is 4.28. The average molecular weight is 270 g/mol. The molecule has 4 heteroatoms. The molecule has 0 aliphatic heterocycles. The van der Waals surface area contributed by atoms with Crippen molar-refractivity contribution >= 4 is 5.78 Å². The lowest BCUT2D eigenvalue weighted by Gasteiger charge is -2.16. The Morgan fingerprint density at radius 3 is 2.35 bits per heavy atom. The fourth-order valence-electron chi connectivity index (χ4n) is 1.70. The summed E-state index contributed by atoms with van der Waals surface area (Å²) in [6, 6.07) is 12.7. The molecule has 4 nitrogen and oxygen atoms in total. The smallest absolute Gasteiger partial charge is 0.267 e. The van der Waals surface area contributed by atoms with Crippen molar-refractivity contribution in [2.24, 2.45) is 5.41 Å². The Hall–Kier alpha value is -2.23. The van der Waals surface area contributed by atoms with Crippen LogP contribution in [0.5, 0.6) is 0 Å². The number of nitrogens with zero attached hydrogens (tertiary/aromatic N) is 2. The minimum absolute atomic E-state index is 0.00298. The van der Waals surface area contributed by atoms with E-state index in [9.17, 15) is 9.59 Å². The van der Waals surface area contributed by atoms with Crippen LogP contribution < -0.4 is 5.56 Å². The van der Waals surface area contributed by atoms with Crippen molar-refractivity contribution < 1.29 is 4.79 Å². The second-order valence-electron chi connectivity index (χ2n) is 5.75. The SMILES string of the molecule is CC(C)(C)C(=O)Cn1nc(-c2ccccc2)ccc1=O. The Kier molecular flexibility index (Phi) is 3.84. The maximum absolute atomic E-state index is 12.0. The Labute approximate surface area is 118 Å². The standard InChI is InChI=1S/C16H18N2O2/c1-16(2,3)14(19)11-18-15(20)10-9-13(17-18)12-7-5-4-6-8-12/h4-10H,11H2,1-3H3. The van der Waals surface area contributed by atoms with Crippen LogP contribution in [0.3, 0.4) is 0 Å². The van der Waals surface area contributed by atoms with Gasteiger partial charge in [-0.2, -0.15) is 5.10 Å². The van der Waals surface area contributed by atoms with Gasteiger partial charge in [-0.1, -0.05) is 51.1 Å². The van der Waals surface area contributed by atoms with Crippen molar-refractivity contribution in [2.75, 3.05) is 0 Å². The zero-order chi connectivity index (χ0) is 14.8. The lowest BCUT2D eigenvalue weighted by atomic mass is 9.91. The molecule has 104 valence electrons. The van der Waals surface area contributed by atoms with E-state index in [1.165, 1.54) is 10.7 Å². The van der Waals surface area contributed by atoms with Gasteiger partial charge in [0, 0.05) is 17.0 Å². The maximum Gasteiger partial charge on any atom is 0.267 e. The fourth-order valence-corrected chi connectivity index (χ4v) is 1.70. The molecule has 0 saturated heterocycles. The molecule has 0 N–H and O–H groups in total. The molecule has 0 aliphatic carbocycles. The molecule has 0 bridgehead atoms. The number of carbonyl (C=O) groups is 1. The van der Waals surface area contributed by atoms with E-state index in [2.05, 4.69) is 5.10 Å².